The maximum Gasteiger partial charge on any atom is 0.337 e. The molecule has 82 valence electrons. The van der Waals surface area contributed by atoms with Crippen LogP contribution in [0.1, 0.15) is 29.8 Å². The summed E-state index contributed by atoms with van der Waals surface area (Å²) in [6, 6.07) is 4.69. The van der Waals surface area contributed by atoms with E-state index in [1.54, 1.807) is 26.0 Å². The molecular formula is C11H13ClO3. The Bertz CT molecular complexity index is 380. The molecule has 15 heavy (non-hydrogen) atoms. The molecule has 0 saturated heterocycles. The average Bonchev–Trinajstić information content (AvgIpc) is 2.14. The van der Waals surface area contributed by atoms with Crippen molar-refractivity contribution in [2.24, 2.45) is 0 Å². The normalized spacial score (nSPS) is 11.3. The molecule has 1 aromatic rings. The van der Waals surface area contributed by atoms with E-state index in [1.165, 1.54) is 13.2 Å². The Morgan fingerprint density at radius 2 is 2.00 bits per heavy atom. The van der Waals surface area contributed by atoms with Gasteiger partial charge < -0.3 is 9.84 Å². The smallest absolute Gasteiger partial charge is 0.337 e. The van der Waals surface area contributed by atoms with Gasteiger partial charge in [-0.05, 0) is 37.6 Å². The number of carbonyl (C=O) groups is 1. The summed E-state index contributed by atoms with van der Waals surface area (Å²) >= 11 is 5.84. The van der Waals surface area contributed by atoms with Gasteiger partial charge in [0.1, 0.15) is 0 Å². The SMILES string of the molecule is COC(=O)c1cc(Cl)cc(C(C)(C)O)c1. The first-order valence-electron chi connectivity index (χ1n) is 4.46. The first-order chi connectivity index (χ1) is 6.84. The minimum absolute atomic E-state index is 0.335. The van der Waals surface area contributed by atoms with Crippen molar-refractivity contribution in [2.75, 3.05) is 7.11 Å². The first-order valence-corrected chi connectivity index (χ1v) is 4.84. The Kier molecular flexibility index (Phi) is 3.37. The number of halogens is 1. The summed E-state index contributed by atoms with van der Waals surface area (Å²) in [5.74, 6) is -0.469. The van der Waals surface area contributed by atoms with Crippen molar-refractivity contribution in [2.45, 2.75) is 19.4 Å². The van der Waals surface area contributed by atoms with E-state index in [-0.39, 0.29) is 0 Å². The number of methoxy groups -OCH3 is 1. The molecule has 0 fully saturated rings. The predicted octanol–water partition coefficient (Wildman–Crippen LogP) is 2.35. The second-order valence-electron chi connectivity index (χ2n) is 3.78. The van der Waals surface area contributed by atoms with E-state index < -0.39 is 11.6 Å². The average molecular weight is 229 g/mol. The minimum Gasteiger partial charge on any atom is -0.465 e. The van der Waals surface area contributed by atoms with Gasteiger partial charge in [0.15, 0.2) is 0 Å². The van der Waals surface area contributed by atoms with Crippen LogP contribution in [0.2, 0.25) is 5.02 Å². The van der Waals surface area contributed by atoms with Crippen molar-refractivity contribution < 1.29 is 14.6 Å². The van der Waals surface area contributed by atoms with E-state index in [0.717, 1.165) is 0 Å². The third-order valence-corrected chi connectivity index (χ3v) is 2.24. The number of rotatable bonds is 2. The summed E-state index contributed by atoms with van der Waals surface area (Å²) in [4.78, 5) is 11.3. The number of benzene rings is 1. The van der Waals surface area contributed by atoms with Gasteiger partial charge in [-0.1, -0.05) is 11.6 Å². The van der Waals surface area contributed by atoms with Crippen LogP contribution in [0.4, 0.5) is 0 Å². The number of aliphatic hydroxyl groups is 1. The van der Waals surface area contributed by atoms with E-state index in [9.17, 15) is 9.90 Å². The lowest BCUT2D eigenvalue weighted by Crippen LogP contribution is -2.16. The molecule has 0 spiro atoms. The highest BCUT2D eigenvalue weighted by atomic mass is 35.5. The predicted molar refractivity (Wildman–Crippen MR) is 58.0 cm³/mol. The van der Waals surface area contributed by atoms with Crippen molar-refractivity contribution in [1.29, 1.82) is 0 Å². The van der Waals surface area contributed by atoms with Crippen LogP contribution in [-0.2, 0) is 10.3 Å². The summed E-state index contributed by atoms with van der Waals surface area (Å²) in [6.45, 7) is 3.25. The molecule has 0 aliphatic carbocycles. The molecule has 0 aromatic heterocycles. The van der Waals surface area contributed by atoms with Crippen LogP contribution in [-0.4, -0.2) is 18.2 Å². The lowest BCUT2D eigenvalue weighted by Gasteiger charge is -2.18. The molecular weight excluding hydrogens is 216 g/mol. The summed E-state index contributed by atoms with van der Waals surface area (Å²) in [7, 11) is 1.30. The van der Waals surface area contributed by atoms with Crippen LogP contribution < -0.4 is 0 Å². The van der Waals surface area contributed by atoms with Crippen molar-refractivity contribution in [3.8, 4) is 0 Å². The third-order valence-electron chi connectivity index (χ3n) is 2.03. The molecule has 3 nitrogen and oxygen atoms in total. The summed E-state index contributed by atoms with van der Waals surface area (Å²) in [6.07, 6.45) is 0. The molecule has 1 aromatic carbocycles. The highest BCUT2D eigenvalue weighted by Gasteiger charge is 2.19. The van der Waals surface area contributed by atoms with E-state index in [4.69, 9.17) is 11.6 Å². The fraction of sp³-hybridized carbons (Fsp3) is 0.364. The van der Waals surface area contributed by atoms with Crippen LogP contribution in [0.25, 0.3) is 0 Å². The lowest BCUT2D eigenvalue weighted by molar-refractivity contribution is 0.0598. The van der Waals surface area contributed by atoms with Crippen molar-refractivity contribution in [1.82, 2.24) is 0 Å². The molecule has 0 bridgehead atoms. The van der Waals surface area contributed by atoms with E-state index >= 15 is 0 Å². The molecule has 4 heteroatoms. The van der Waals surface area contributed by atoms with Crippen LogP contribution in [0, 0.1) is 0 Å². The maximum atomic E-state index is 11.3. The Labute approximate surface area is 93.6 Å². The molecule has 0 amide bonds. The quantitative estimate of drug-likeness (QED) is 0.791. The Balaban J connectivity index is 3.23. The zero-order chi connectivity index (χ0) is 11.6. The molecule has 0 radical (unpaired) electrons. The minimum atomic E-state index is -1.03. The number of hydrogen-bond acceptors (Lipinski definition) is 3. The summed E-state index contributed by atoms with van der Waals surface area (Å²) in [5, 5.41) is 10.2. The first kappa shape index (κ1) is 12.0. The van der Waals surface area contributed by atoms with Crippen LogP contribution in [0.5, 0.6) is 0 Å². The molecule has 0 aliphatic rings. The van der Waals surface area contributed by atoms with Crippen molar-refractivity contribution in [3.63, 3.8) is 0 Å². The summed E-state index contributed by atoms with van der Waals surface area (Å²) in [5.41, 5.74) is -0.120. The molecule has 1 N–H and O–H groups in total. The lowest BCUT2D eigenvalue weighted by atomic mass is 9.96. The fourth-order valence-electron chi connectivity index (χ4n) is 1.18. The van der Waals surface area contributed by atoms with Crippen LogP contribution >= 0.6 is 11.6 Å². The van der Waals surface area contributed by atoms with Crippen molar-refractivity contribution >= 4 is 17.6 Å². The molecule has 0 aliphatic heterocycles. The Hall–Kier alpha value is -1.06. The molecule has 1 rings (SSSR count). The number of esters is 1. The largest absolute Gasteiger partial charge is 0.465 e. The van der Waals surface area contributed by atoms with E-state index in [1.807, 2.05) is 0 Å². The van der Waals surface area contributed by atoms with E-state index in [2.05, 4.69) is 4.74 Å². The van der Waals surface area contributed by atoms with Gasteiger partial charge in [-0.25, -0.2) is 4.79 Å². The van der Waals surface area contributed by atoms with Gasteiger partial charge in [0.2, 0.25) is 0 Å². The standard InChI is InChI=1S/C11H13ClO3/c1-11(2,14)8-4-7(10(13)15-3)5-9(12)6-8/h4-6,14H,1-3H3. The van der Waals surface area contributed by atoms with Gasteiger partial charge in [0.05, 0.1) is 18.3 Å². The third kappa shape index (κ3) is 2.94. The number of hydrogen-bond donors (Lipinski definition) is 1. The monoisotopic (exact) mass is 228 g/mol. The topological polar surface area (TPSA) is 46.5 Å². The maximum absolute atomic E-state index is 11.3. The Morgan fingerprint density at radius 3 is 2.47 bits per heavy atom. The van der Waals surface area contributed by atoms with E-state index in [0.29, 0.717) is 16.1 Å². The van der Waals surface area contributed by atoms with Crippen LogP contribution in [0.3, 0.4) is 0 Å². The van der Waals surface area contributed by atoms with Gasteiger partial charge in [-0.15, -0.1) is 0 Å². The van der Waals surface area contributed by atoms with Crippen molar-refractivity contribution in [3.05, 3.63) is 34.3 Å². The molecule has 0 saturated carbocycles. The summed E-state index contributed by atoms with van der Waals surface area (Å²) < 4.78 is 4.58. The second-order valence-corrected chi connectivity index (χ2v) is 4.22. The van der Waals surface area contributed by atoms with Gasteiger partial charge in [0.25, 0.3) is 0 Å². The molecule has 0 atom stereocenters. The highest BCUT2D eigenvalue weighted by molar-refractivity contribution is 6.31. The fourth-order valence-corrected chi connectivity index (χ4v) is 1.41. The number of carbonyl (C=O) groups excluding carboxylic acids is 1. The second kappa shape index (κ2) is 4.21. The van der Waals surface area contributed by atoms with Gasteiger partial charge in [-0.2, -0.15) is 0 Å². The molecule has 0 unspecified atom stereocenters. The van der Waals surface area contributed by atoms with Crippen LogP contribution in [0.15, 0.2) is 18.2 Å². The highest BCUT2D eigenvalue weighted by Crippen LogP contribution is 2.25. The van der Waals surface area contributed by atoms with Gasteiger partial charge >= 0.3 is 5.97 Å². The Morgan fingerprint density at radius 1 is 1.40 bits per heavy atom. The zero-order valence-corrected chi connectivity index (χ0v) is 9.63. The molecule has 0 heterocycles. The number of ether oxygens (including phenoxy) is 1. The zero-order valence-electron chi connectivity index (χ0n) is 8.87. The van der Waals surface area contributed by atoms with Gasteiger partial charge in [-0.3, -0.25) is 0 Å². The van der Waals surface area contributed by atoms with Gasteiger partial charge in [0, 0.05) is 5.02 Å².